The average Bonchev–Trinajstić information content (AvgIpc) is 2.92. The van der Waals surface area contributed by atoms with Crippen molar-refractivity contribution in [3.8, 4) is 0 Å². The Morgan fingerprint density at radius 1 is 1.30 bits per heavy atom. The van der Waals surface area contributed by atoms with Crippen molar-refractivity contribution in [1.29, 1.82) is 0 Å². The molecular formula is C15H18F2N4O2. The number of nitrogens with zero attached hydrogens (tertiary/aromatic N) is 2. The van der Waals surface area contributed by atoms with Crippen molar-refractivity contribution in [2.45, 2.75) is 25.5 Å². The van der Waals surface area contributed by atoms with E-state index in [1.165, 1.54) is 12.4 Å². The SMILES string of the molecule is O=C(NCC(O)Cc1ccccc1)Nc1cnn(CC(F)F)c1. The summed E-state index contributed by atoms with van der Waals surface area (Å²) in [6.07, 6.45) is -0.212. The second-order valence-electron chi connectivity index (χ2n) is 5.02. The Morgan fingerprint density at radius 2 is 2.04 bits per heavy atom. The van der Waals surface area contributed by atoms with Crippen molar-refractivity contribution >= 4 is 11.7 Å². The van der Waals surface area contributed by atoms with E-state index in [4.69, 9.17) is 0 Å². The summed E-state index contributed by atoms with van der Waals surface area (Å²) < 4.78 is 25.4. The second kappa shape index (κ2) is 8.23. The molecule has 0 aliphatic carbocycles. The maximum absolute atomic E-state index is 12.2. The molecule has 8 heteroatoms. The lowest BCUT2D eigenvalue weighted by atomic mass is 10.1. The molecule has 0 saturated carbocycles. The summed E-state index contributed by atoms with van der Waals surface area (Å²) >= 11 is 0. The number of hydrogen-bond acceptors (Lipinski definition) is 3. The topological polar surface area (TPSA) is 79.2 Å². The van der Waals surface area contributed by atoms with Gasteiger partial charge in [-0.15, -0.1) is 0 Å². The van der Waals surface area contributed by atoms with Gasteiger partial charge in [-0.1, -0.05) is 30.3 Å². The predicted molar refractivity (Wildman–Crippen MR) is 81.4 cm³/mol. The van der Waals surface area contributed by atoms with E-state index in [2.05, 4.69) is 15.7 Å². The van der Waals surface area contributed by atoms with Gasteiger partial charge < -0.3 is 15.7 Å². The van der Waals surface area contributed by atoms with Crippen molar-refractivity contribution in [3.05, 3.63) is 48.3 Å². The Labute approximate surface area is 132 Å². The van der Waals surface area contributed by atoms with Gasteiger partial charge in [0.15, 0.2) is 0 Å². The van der Waals surface area contributed by atoms with E-state index >= 15 is 0 Å². The number of anilines is 1. The van der Waals surface area contributed by atoms with Crippen LogP contribution in [0.15, 0.2) is 42.7 Å². The Kier molecular flexibility index (Phi) is 6.04. The maximum atomic E-state index is 12.2. The number of aliphatic hydroxyl groups excluding tert-OH is 1. The molecule has 1 aromatic heterocycles. The fourth-order valence-electron chi connectivity index (χ4n) is 2.01. The van der Waals surface area contributed by atoms with Crippen molar-refractivity contribution < 1.29 is 18.7 Å². The average molecular weight is 324 g/mol. The van der Waals surface area contributed by atoms with Crippen molar-refractivity contribution in [2.24, 2.45) is 0 Å². The van der Waals surface area contributed by atoms with Gasteiger partial charge in [-0.25, -0.2) is 13.6 Å². The minimum Gasteiger partial charge on any atom is -0.391 e. The third kappa shape index (κ3) is 6.03. The zero-order valence-corrected chi connectivity index (χ0v) is 12.3. The molecule has 1 heterocycles. The highest BCUT2D eigenvalue weighted by Crippen LogP contribution is 2.07. The zero-order valence-electron chi connectivity index (χ0n) is 12.3. The van der Waals surface area contributed by atoms with Gasteiger partial charge in [-0.05, 0) is 5.56 Å². The highest BCUT2D eigenvalue weighted by molar-refractivity contribution is 5.88. The molecule has 0 aliphatic rings. The Hall–Kier alpha value is -2.48. The number of carbonyl (C=O) groups is 1. The number of urea groups is 1. The third-order valence-corrected chi connectivity index (χ3v) is 3.03. The first kappa shape index (κ1) is 16.9. The van der Waals surface area contributed by atoms with Crippen LogP contribution in [0.2, 0.25) is 0 Å². The van der Waals surface area contributed by atoms with Gasteiger partial charge in [-0.3, -0.25) is 4.68 Å². The fraction of sp³-hybridized carbons (Fsp3) is 0.333. The van der Waals surface area contributed by atoms with E-state index in [9.17, 15) is 18.7 Å². The second-order valence-corrected chi connectivity index (χ2v) is 5.02. The van der Waals surface area contributed by atoms with E-state index in [1.54, 1.807) is 0 Å². The molecule has 124 valence electrons. The lowest BCUT2D eigenvalue weighted by Gasteiger charge is -2.12. The van der Waals surface area contributed by atoms with Gasteiger partial charge >= 0.3 is 6.03 Å². The summed E-state index contributed by atoms with van der Waals surface area (Å²) in [5, 5.41) is 18.6. The minimum atomic E-state index is -2.51. The quantitative estimate of drug-likeness (QED) is 0.727. The number of hydrogen-bond donors (Lipinski definition) is 3. The summed E-state index contributed by atoms with van der Waals surface area (Å²) in [5.74, 6) is 0. The molecule has 0 aliphatic heterocycles. The van der Waals surface area contributed by atoms with Crippen LogP contribution in [0, 0.1) is 0 Å². The van der Waals surface area contributed by atoms with E-state index < -0.39 is 25.1 Å². The van der Waals surface area contributed by atoms with Crippen LogP contribution in [0.5, 0.6) is 0 Å². The fourth-order valence-corrected chi connectivity index (χ4v) is 2.01. The number of halogens is 2. The molecule has 0 fully saturated rings. The highest BCUT2D eigenvalue weighted by Gasteiger charge is 2.10. The molecule has 0 saturated heterocycles. The van der Waals surface area contributed by atoms with Crippen LogP contribution in [0.3, 0.4) is 0 Å². The van der Waals surface area contributed by atoms with Crippen LogP contribution in [0.1, 0.15) is 5.56 Å². The molecule has 2 aromatic rings. The van der Waals surface area contributed by atoms with Crippen LogP contribution in [0.25, 0.3) is 0 Å². The van der Waals surface area contributed by atoms with Gasteiger partial charge in [0.1, 0.15) is 6.54 Å². The minimum absolute atomic E-state index is 0.0753. The Balaban J connectivity index is 1.73. The van der Waals surface area contributed by atoms with Gasteiger partial charge in [0, 0.05) is 19.2 Å². The Morgan fingerprint density at radius 3 is 2.74 bits per heavy atom. The third-order valence-electron chi connectivity index (χ3n) is 3.03. The number of nitrogens with one attached hydrogen (secondary N) is 2. The van der Waals surface area contributed by atoms with E-state index in [-0.39, 0.29) is 6.54 Å². The highest BCUT2D eigenvalue weighted by atomic mass is 19.3. The number of aliphatic hydroxyl groups is 1. The number of aromatic nitrogens is 2. The molecule has 0 bridgehead atoms. The van der Waals surface area contributed by atoms with Crippen molar-refractivity contribution in [1.82, 2.24) is 15.1 Å². The Bertz CT molecular complexity index is 619. The van der Waals surface area contributed by atoms with Crippen LogP contribution in [-0.2, 0) is 13.0 Å². The molecule has 1 aromatic carbocycles. The summed E-state index contributed by atoms with van der Waals surface area (Å²) in [6.45, 7) is -0.453. The summed E-state index contributed by atoms with van der Waals surface area (Å²) in [5.41, 5.74) is 1.27. The molecular weight excluding hydrogens is 306 g/mol. The van der Waals surface area contributed by atoms with Crippen molar-refractivity contribution in [2.75, 3.05) is 11.9 Å². The van der Waals surface area contributed by atoms with Gasteiger partial charge in [-0.2, -0.15) is 5.10 Å². The first-order valence-corrected chi connectivity index (χ1v) is 7.10. The smallest absolute Gasteiger partial charge is 0.319 e. The summed E-state index contributed by atoms with van der Waals surface area (Å²) in [6, 6.07) is 8.88. The molecule has 2 amide bonds. The predicted octanol–water partition coefficient (Wildman–Crippen LogP) is 1.87. The number of alkyl halides is 2. The summed E-state index contributed by atoms with van der Waals surface area (Å²) in [7, 11) is 0. The van der Waals surface area contributed by atoms with E-state index in [1.807, 2.05) is 30.3 Å². The van der Waals surface area contributed by atoms with Gasteiger partial charge in [0.2, 0.25) is 0 Å². The number of benzene rings is 1. The molecule has 23 heavy (non-hydrogen) atoms. The normalized spacial score (nSPS) is 12.2. The molecule has 0 spiro atoms. The van der Waals surface area contributed by atoms with Gasteiger partial charge in [0.05, 0.1) is 18.0 Å². The number of carbonyl (C=O) groups excluding carboxylic acids is 1. The van der Waals surface area contributed by atoms with E-state index in [0.29, 0.717) is 12.1 Å². The van der Waals surface area contributed by atoms with E-state index in [0.717, 1.165) is 10.2 Å². The molecule has 0 radical (unpaired) electrons. The van der Waals surface area contributed by atoms with Crippen molar-refractivity contribution in [3.63, 3.8) is 0 Å². The zero-order chi connectivity index (χ0) is 16.7. The standard InChI is InChI=1S/C15H18F2N4O2/c16-14(17)10-21-9-12(7-19-21)20-15(23)18-8-13(22)6-11-4-2-1-3-5-11/h1-5,7,9,13-14,22H,6,8,10H2,(H2,18,20,23). The van der Waals surface area contributed by atoms with Crippen LogP contribution < -0.4 is 10.6 Å². The first-order valence-electron chi connectivity index (χ1n) is 7.10. The first-order chi connectivity index (χ1) is 11.0. The largest absolute Gasteiger partial charge is 0.391 e. The summed E-state index contributed by atoms with van der Waals surface area (Å²) in [4.78, 5) is 11.7. The number of amides is 2. The van der Waals surface area contributed by atoms with Crippen LogP contribution in [-0.4, -0.2) is 40.0 Å². The van der Waals surface area contributed by atoms with Crippen LogP contribution >= 0.6 is 0 Å². The monoisotopic (exact) mass is 324 g/mol. The lowest BCUT2D eigenvalue weighted by Crippen LogP contribution is -2.36. The number of rotatable bonds is 7. The molecule has 1 unspecified atom stereocenters. The molecule has 3 N–H and O–H groups in total. The molecule has 1 atom stereocenters. The van der Waals surface area contributed by atoms with Crippen LogP contribution in [0.4, 0.5) is 19.3 Å². The molecule has 6 nitrogen and oxygen atoms in total. The maximum Gasteiger partial charge on any atom is 0.319 e. The van der Waals surface area contributed by atoms with Gasteiger partial charge in [0.25, 0.3) is 6.43 Å². The lowest BCUT2D eigenvalue weighted by molar-refractivity contribution is 0.122. The molecule has 2 rings (SSSR count).